The molecule has 0 saturated heterocycles. The minimum absolute atomic E-state index is 0.00498. The van der Waals surface area contributed by atoms with E-state index in [1.54, 1.807) is 0 Å². The van der Waals surface area contributed by atoms with Crippen LogP contribution in [0.5, 0.6) is 0 Å². The molecular formula is C27H34F2N2O3. The Labute approximate surface area is 200 Å². The van der Waals surface area contributed by atoms with Crippen LogP contribution >= 0.6 is 0 Å². The number of aliphatic hydroxyl groups is 1. The minimum Gasteiger partial charge on any atom is -0.390 e. The Bertz CT molecular complexity index is 962. The number of carbonyl (C=O) groups is 2. The van der Waals surface area contributed by atoms with Crippen molar-refractivity contribution in [2.75, 3.05) is 6.54 Å². The van der Waals surface area contributed by atoms with Crippen LogP contribution in [0.4, 0.5) is 8.78 Å². The summed E-state index contributed by atoms with van der Waals surface area (Å²) in [6.45, 7) is 2.83. The fourth-order valence-corrected chi connectivity index (χ4v) is 4.55. The molecule has 0 heterocycles. The van der Waals surface area contributed by atoms with Crippen LogP contribution in [0, 0.1) is 17.6 Å². The Morgan fingerprint density at radius 2 is 1.85 bits per heavy atom. The molecular weight excluding hydrogens is 438 g/mol. The van der Waals surface area contributed by atoms with E-state index < -0.39 is 23.8 Å². The molecule has 1 aliphatic rings. The Hall–Kier alpha value is -2.64. The summed E-state index contributed by atoms with van der Waals surface area (Å²) in [7, 11) is 0. The number of nitrogens with one attached hydrogen (secondary N) is 2. The highest BCUT2D eigenvalue weighted by atomic mass is 19.1. The SMILES string of the molecule is CCc1cccc(CNC[C@H](O)[C@H](Cc2cc(F)cc(F)c2)NC(=O)CC2CCCC(=O)C2)c1. The van der Waals surface area contributed by atoms with Gasteiger partial charge in [0.25, 0.3) is 0 Å². The van der Waals surface area contributed by atoms with E-state index >= 15 is 0 Å². The van der Waals surface area contributed by atoms with Gasteiger partial charge in [0.15, 0.2) is 0 Å². The Morgan fingerprint density at radius 1 is 1.12 bits per heavy atom. The van der Waals surface area contributed by atoms with Crippen LogP contribution in [0.15, 0.2) is 42.5 Å². The number of aryl methyl sites for hydroxylation is 1. The van der Waals surface area contributed by atoms with E-state index in [-0.39, 0.29) is 37.0 Å². The number of hydrogen-bond acceptors (Lipinski definition) is 4. The molecule has 1 saturated carbocycles. The first-order chi connectivity index (χ1) is 16.3. The first-order valence-corrected chi connectivity index (χ1v) is 12.0. The van der Waals surface area contributed by atoms with Crippen molar-refractivity contribution in [2.24, 2.45) is 5.92 Å². The van der Waals surface area contributed by atoms with Crippen molar-refractivity contribution in [2.45, 2.75) is 70.6 Å². The molecule has 2 aromatic carbocycles. The van der Waals surface area contributed by atoms with Gasteiger partial charge in [-0.15, -0.1) is 0 Å². The van der Waals surface area contributed by atoms with Gasteiger partial charge in [0.2, 0.25) is 5.91 Å². The molecule has 3 atom stereocenters. The standard InChI is InChI=1S/C27H34F2N2O3/c1-2-18-5-3-7-20(9-18)16-30-17-26(33)25(13-21-10-22(28)15-23(29)11-21)31-27(34)14-19-6-4-8-24(32)12-19/h3,5,7,9-11,15,19,25-26,30,33H,2,4,6,8,12-14,16-17H2,1H3,(H,31,34)/t19?,25-,26-/m0/s1. The molecule has 184 valence electrons. The predicted molar refractivity (Wildman–Crippen MR) is 127 cm³/mol. The maximum absolute atomic E-state index is 13.7. The molecule has 34 heavy (non-hydrogen) atoms. The summed E-state index contributed by atoms with van der Waals surface area (Å²) in [6.07, 6.45) is 2.81. The fraction of sp³-hybridized carbons (Fsp3) is 0.481. The number of ketones is 1. The highest BCUT2D eigenvalue weighted by Crippen LogP contribution is 2.24. The van der Waals surface area contributed by atoms with E-state index in [0.29, 0.717) is 24.9 Å². The minimum atomic E-state index is -0.974. The lowest BCUT2D eigenvalue weighted by molar-refractivity contribution is -0.125. The average molecular weight is 473 g/mol. The lowest BCUT2D eigenvalue weighted by atomic mass is 9.86. The molecule has 7 heteroatoms. The van der Waals surface area contributed by atoms with E-state index in [9.17, 15) is 23.5 Å². The highest BCUT2D eigenvalue weighted by molar-refractivity contribution is 5.81. The zero-order valence-corrected chi connectivity index (χ0v) is 19.7. The molecule has 2 aromatic rings. The molecule has 0 spiro atoms. The molecule has 0 aliphatic heterocycles. The maximum Gasteiger partial charge on any atom is 0.220 e. The first-order valence-electron chi connectivity index (χ1n) is 12.0. The lowest BCUT2D eigenvalue weighted by Crippen LogP contribution is -2.49. The van der Waals surface area contributed by atoms with Gasteiger partial charge in [0.05, 0.1) is 12.1 Å². The van der Waals surface area contributed by atoms with Gasteiger partial charge in [-0.2, -0.15) is 0 Å². The summed E-state index contributed by atoms with van der Waals surface area (Å²) in [6, 6.07) is 10.6. The molecule has 0 aromatic heterocycles. The van der Waals surface area contributed by atoms with Crippen molar-refractivity contribution in [3.05, 3.63) is 70.8 Å². The quantitative estimate of drug-likeness (QED) is 0.464. The van der Waals surface area contributed by atoms with Crippen molar-refractivity contribution in [3.8, 4) is 0 Å². The van der Waals surface area contributed by atoms with Gasteiger partial charge in [0.1, 0.15) is 17.4 Å². The summed E-state index contributed by atoms with van der Waals surface area (Å²) < 4.78 is 27.4. The van der Waals surface area contributed by atoms with Crippen molar-refractivity contribution in [3.63, 3.8) is 0 Å². The van der Waals surface area contributed by atoms with Gasteiger partial charge in [-0.3, -0.25) is 9.59 Å². The molecule has 5 nitrogen and oxygen atoms in total. The number of amides is 1. The van der Waals surface area contributed by atoms with E-state index in [1.807, 2.05) is 12.1 Å². The van der Waals surface area contributed by atoms with Crippen molar-refractivity contribution >= 4 is 11.7 Å². The van der Waals surface area contributed by atoms with Gasteiger partial charge in [-0.25, -0.2) is 8.78 Å². The molecule has 1 amide bonds. The number of aliphatic hydroxyl groups excluding tert-OH is 1. The third kappa shape index (κ3) is 8.29. The summed E-state index contributed by atoms with van der Waals surface area (Å²) in [5, 5.41) is 16.9. The zero-order chi connectivity index (χ0) is 24.5. The molecule has 3 N–H and O–H groups in total. The van der Waals surface area contributed by atoms with Crippen molar-refractivity contribution in [1.82, 2.24) is 10.6 Å². The molecule has 0 bridgehead atoms. The first kappa shape index (κ1) is 26.0. The summed E-state index contributed by atoms with van der Waals surface area (Å²) >= 11 is 0. The van der Waals surface area contributed by atoms with E-state index in [2.05, 4.69) is 29.7 Å². The monoisotopic (exact) mass is 472 g/mol. The van der Waals surface area contributed by atoms with Crippen LogP contribution < -0.4 is 10.6 Å². The number of rotatable bonds is 11. The molecule has 1 unspecified atom stereocenters. The van der Waals surface area contributed by atoms with Crippen molar-refractivity contribution < 1.29 is 23.5 Å². The van der Waals surface area contributed by atoms with Crippen LogP contribution in [0.3, 0.4) is 0 Å². The number of carbonyl (C=O) groups excluding carboxylic acids is 2. The predicted octanol–water partition coefficient (Wildman–Crippen LogP) is 3.85. The number of Topliss-reactive ketones (excluding diaryl/α,β-unsaturated/α-hetero) is 1. The van der Waals surface area contributed by atoms with Crippen LogP contribution in [-0.2, 0) is 29.0 Å². The van der Waals surface area contributed by atoms with Gasteiger partial charge < -0.3 is 15.7 Å². The van der Waals surface area contributed by atoms with Crippen LogP contribution in [0.2, 0.25) is 0 Å². The van der Waals surface area contributed by atoms with Gasteiger partial charge in [-0.05, 0) is 60.4 Å². The fourth-order valence-electron chi connectivity index (χ4n) is 4.55. The maximum atomic E-state index is 13.7. The summed E-state index contributed by atoms with van der Waals surface area (Å²) in [5.41, 5.74) is 2.66. The highest BCUT2D eigenvalue weighted by Gasteiger charge is 2.26. The molecule has 3 rings (SSSR count). The second-order valence-corrected chi connectivity index (χ2v) is 9.23. The van der Waals surface area contributed by atoms with Crippen LogP contribution in [0.1, 0.15) is 55.7 Å². The molecule has 0 radical (unpaired) electrons. The number of halogens is 2. The lowest BCUT2D eigenvalue weighted by Gasteiger charge is -2.27. The normalized spacial score (nSPS) is 17.9. The van der Waals surface area contributed by atoms with Gasteiger partial charge in [0, 0.05) is 38.4 Å². The third-order valence-electron chi connectivity index (χ3n) is 6.33. The van der Waals surface area contributed by atoms with E-state index in [4.69, 9.17) is 0 Å². The van der Waals surface area contributed by atoms with Crippen LogP contribution in [-0.4, -0.2) is 35.5 Å². The smallest absolute Gasteiger partial charge is 0.220 e. The van der Waals surface area contributed by atoms with Crippen LogP contribution in [0.25, 0.3) is 0 Å². The van der Waals surface area contributed by atoms with E-state index in [1.165, 1.54) is 17.7 Å². The molecule has 1 fully saturated rings. The Balaban J connectivity index is 1.62. The summed E-state index contributed by atoms with van der Waals surface area (Å²) in [4.78, 5) is 24.4. The summed E-state index contributed by atoms with van der Waals surface area (Å²) in [5.74, 6) is -1.51. The van der Waals surface area contributed by atoms with Gasteiger partial charge >= 0.3 is 0 Å². The largest absolute Gasteiger partial charge is 0.390 e. The average Bonchev–Trinajstić information content (AvgIpc) is 2.78. The third-order valence-corrected chi connectivity index (χ3v) is 6.33. The zero-order valence-electron chi connectivity index (χ0n) is 19.7. The van der Waals surface area contributed by atoms with E-state index in [0.717, 1.165) is 30.9 Å². The second kappa shape index (κ2) is 12.7. The number of hydrogen-bond donors (Lipinski definition) is 3. The number of benzene rings is 2. The second-order valence-electron chi connectivity index (χ2n) is 9.23. The van der Waals surface area contributed by atoms with Crippen molar-refractivity contribution in [1.29, 1.82) is 0 Å². The Kier molecular flexibility index (Phi) is 9.72. The van der Waals surface area contributed by atoms with Gasteiger partial charge in [-0.1, -0.05) is 31.2 Å². The molecule has 1 aliphatic carbocycles. The topological polar surface area (TPSA) is 78.4 Å². The Morgan fingerprint density at radius 3 is 2.56 bits per heavy atom.